The summed E-state index contributed by atoms with van der Waals surface area (Å²) in [6, 6.07) is 6.42. The van der Waals surface area contributed by atoms with Gasteiger partial charge >= 0.3 is 5.97 Å². The monoisotopic (exact) mass is 384 g/mol. The number of hydrogen-bond donors (Lipinski definition) is 1. The van der Waals surface area contributed by atoms with E-state index in [1.165, 1.54) is 0 Å². The molecule has 148 valence electrons. The first kappa shape index (κ1) is 18.6. The summed E-state index contributed by atoms with van der Waals surface area (Å²) in [5.74, 6) is 0.736. The van der Waals surface area contributed by atoms with Gasteiger partial charge in [-0.25, -0.2) is 14.5 Å². The van der Waals surface area contributed by atoms with Crippen LogP contribution in [0.15, 0.2) is 24.3 Å². The quantitative estimate of drug-likeness (QED) is 0.851. The SMILES string of the molecule is C[C@H](c1nc(C2CCOCC2)nn1-c1cccc(C(=O)O)c1)N1CCCC1=O. The molecule has 1 aromatic heterocycles. The fourth-order valence-electron chi connectivity index (χ4n) is 3.92. The van der Waals surface area contributed by atoms with Gasteiger partial charge in [0.15, 0.2) is 11.6 Å². The minimum absolute atomic E-state index is 0.119. The number of carbonyl (C=O) groups is 2. The molecule has 0 saturated carbocycles. The fraction of sp³-hybridized carbons (Fsp3) is 0.500. The van der Waals surface area contributed by atoms with Crippen molar-refractivity contribution in [3.63, 3.8) is 0 Å². The van der Waals surface area contributed by atoms with Crippen molar-refractivity contribution in [1.29, 1.82) is 0 Å². The first-order chi connectivity index (χ1) is 13.5. The van der Waals surface area contributed by atoms with E-state index in [-0.39, 0.29) is 23.4 Å². The molecule has 0 spiro atoms. The molecule has 1 aromatic carbocycles. The molecule has 3 heterocycles. The van der Waals surface area contributed by atoms with Crippen molar-refractivity contribution in [2.24, 2.45) is 0 Å². The third kappa shape index (κ3) is 3.52. The summed E-state index contributed by atoms with van der Waals surface area (Å²) in [5, 5.41) is 14.1. The number of ether oxygens (including phenoxy) is 1. The fourth-order valence-corrected chi connectivity index (χ4v) is 3.92. The Hall–Kier alpha value is -2.74. The maximum Gasteiger partial charge on any atom is 0.335 e. The molecular formula is C20H24N4O4. The third-order valence-electron chi connectivity index (χ3n) is 5.52. The number of carboxylic acids is 1. The van der Waals surface area contributed by atoms with E-state index in [9.17, 15) is 14.7 Å². The molecule has 2 fully saturated rings. The predicted molar refractivity (Wildman–Crippen MR) is 100 cm³/mol. The van der Waals surface area contributed by atoms with Crippen molar-refractivity contribution in [3.05, 3.63) is 41.5 Å². The van der Waals surface area contributed by atoms with Crippen molar-refractivity contribution in [2.45, 2.75) is 44.6 Å². The van der Waals surface area contributed by atoms with Crippen LogP contribution in [0.1, 0.15) is 66.6 Å². The molecule has 1 atom stereocenters. The second kappa shape index (κ2) is 7.71. The normalized spacial score (nSPS) is 19.2. The van der Waals surface area contributed by atoms with Crippen molar-refractivity contribution in [1.82, 2.24) is 19.7 Å². The molecule has 8 heteroatoms. The summed E-state index contributed by atoms with van der Waals surface area (Å²) in [6.45, 7) is 4.03. The number of benzene rings is 1. The number of rotatable bonds is 5. The largest absolute Gasteiger partial charge is 0.478 e. The van der Waals surface area contributed by atoms with E-state index in [4.69, 9.17) is 14.8 Å². The first-order valence-corrected chi connectivity index (χ1v) is 9.72. The number of aromatic carboxylic acids is 1. The molecule has 0 aliphatic carbocycles. The lowest BCUT2D eigenvalue weighted by atomic mass is 10.00. The van der Waals surface area contributed by atoms with Gasteiger partial charge in [-0.05, 0) is 44.4 Å². The second-order valence-electron chi connectivity index (χ2n) is 7.35. The minimum atomic E-state index is -0.990. The molecule has 1 N–H and O–H groups in total. The number of aromatic nitrogens is 3. The topological polar surface area (TPSA) is 97.6 Å². The Bertz CT molecular complexity index is 888. The van der Waals surface area contributed by atoms with Gasteiger partial charge in [0.1, 0.15) is 0 Å². The summed E-state index contributed by atoms with van der Waals surface area (Å²) >= 11 is 0. The van der Waals surface area contributed by atoms with E-state index < -0.39 is 5.97 Å². The molecule has 4 rings (SSSR count). The Labute approximate surface area is 163 Å². The van der Waals surface area contributed by atoms with Crippen LogP contribution in [-0.2, 0) is 9.53 Å². The average molecular weight is 384 g/mol. The van der Waals surface area contributed by atoms with Crippen LogP contribution < -0.4 is 0 Å². The van der Waals surface area contributed by atoms with Crippen LogP contribution in [0.2, 0.25) is 0 Å². The highest BCUT2D eigenvalue weighted by atomic mass is 16.5. The average Bonchev–Trinajstić information content (AvgIpc) is 3.35. The standard InChI is InChI=1S/C20H24N4O4/c1-13(23-9-3-6-17(23)25)19-21-18(14-7-10-28-11-8-14)22-24(19)16-5-2-4-15(12-16)20(26)27/h2,4-5,12-14H,3,6-11H2,1H3,(H,26,27)/t13-/m1/s1. The predicted octanol–water partition coefficient (Wildman–Crippen LogP) is 2.54. The van der Waals surface area contributed by atoms with Gasteiger partial charge in [0.25, 0.3) is 0 Å². The van der Waals surface area contributed by atoms with Gasteiger partial charge in [-0.15, -0.1) is 0 Å². The Kier molecular flexibility index (Phi) is 5.13. The number of amides is 1. The Balaban J connectivity index is 1.76. The molecule has 0 radical (unpaired) electrons. The summed E-state index contributed by atoms with van der Waals surface area (Å²) in [7, 11) is 0. The lowest BCUT2D eigenvalue weighted by Gasteiger charge is -2.23. The van der Waals surface area contributed by atoms with Crippen LogP contribution in [0.3, 0.4) is 0 Å². The molecule has 2 saturated heterocycles. The van der Waals surface area contributed by atoms with E-state index in [1.54, 1.807) is 22.9 Å². The molecule has 2 aromatic rings. The zero-order valence-electron chi connectivity index (χ0n) is 15.9. The smallest absolute Gasteiger partial charge is 0.335 e. The van der Waals surface area contributed by atoms with Crippen molar-refractivity contribution in [2.75, 3.05) is 19.8 Å². The van der Waals surface area contributed by atoms with Crippen LogP contribution in [0.5, 0.6) is 0 Å². The van der Waals surface area contributed by atoms with Crippen LogP contribution in [0, 0.1) is 0 Å². The number of carboxylic acid groups (broad SMARTS) is 1. The van der Waals surface area contributed by atoms with Gasteiger partial charge in [-0.3, -0.25) is 4.79 Å². The molecule has 2 aliphatic heterocycles. The van der Waals surface area contributed by atoms with E-state index in [0.29, 0.717) is 37.7 Å². The molecule has 28 heavy (non-hydrogen) atoms. The van der Waals surface area contributed by atoms with Crippen LogP contribution in [0.4, 0.5) is 0 Å². The molecule has 2 aliphatic rings. The first-order valence-electron chi connectivity index (χ1n) is 9.72. The molecule has 0 unspecified atom stereocenters. The third-order valence-corrected chi connectivity index (χ3v) is 5.52. The Morgan fingerprint density at radius 1 is 1.32 bits per heavy atom. The van der Waals surface area contributed by atoms with E-state index in [1.807, 2.05) is 17.9 Å². The van der Waals surface area contributed by atoms with E-state index >= 15 is 0 Å². The Morgan fingerprint density at radius 2 is 2.11 bits per heavy atom. The van der Waals surface area contributed by atoms with Crippen molar-refractivity contribution >= 4 is 11.9 Å². The molecule has 0 bridgehead atoms. The number of nitrogens with zero attached hydrogens (tertiary/aromatic N) is 4. The maximum absolute atomic E-state index is 12.3. The summed E-state index contributed by atoms with van der Waals surface area (Å²) in [6.07, 6.45) is 3.11. The highest BCUT2D eigenvalue weighted by Gasteiger charge is 2.31. The molecular weight excluding hydrogens is 360 g/mol. The zero-order chi connectivity index (χ0) is 19.7. The van der Waals surface area contributed by atoms with Crippen LogP contribution in [-0.4, -0.2) is 56.4 Å². The van der Waals surface area contributed by atoms with Crippen molar-refractivity contribution in [3.8, 4) is 5.69 Å². The van der Waals surface area contributed by atoms with Crippen LogP contribution >= 0.6 is 0 Å². The highest BCUT2D eigenvalue weighted by Crippen LogP contribution is 2.30. The number of hydrogen-bond acceptors (Lipinski definition) is 5. The van der Waals surface area contributed by atoms with Gasteiger partial charge in [0.2, 0.25) is 5.91 Å². The van der Waals surface area contributed by atoms with E-state index in [2.05, 4.69) is 0 Å². The summed E-state index contributed by atoms with van der Waals surface area (Å²) in [4.78, 5) is 30.3. The minimum Gasteiger partial charge on any atom is -0.478 e. The molecule has 1 amide bonds. The number of likely N-dealkylation sites (tertiary alicyclic amines) is 1. The van der Waals surface area contributed by atoms with E-state index in [0.717, 1.165) is 25.1 Å². The Morgan fingerprint density at radius 3 is 2.79 bits per heavy atom. The summed E-state index contributed by atoms with van der Waals surface area (Å²) in [5.41, 5.74) is 0.829. The lowest BCUT2D eigenvalue weighted by Crippen LogP contribution is -2.30. The second-order valence-corrected chi connectivity index (χ2v) is 7.35. The van der Waals surface area contributed by atoms with Crippen molar-refractivity contribution < 1.29 is 19.4 Å². The van der Waals surface area contributed by atoms with Crippen LogP contribution in [0.25, 0.3) is 5.69 Å². The van der Waals surface area contributed by atoms with Gasteiger partial charge in [-0.2, -0.15) is 5.10 Å². The molecule has 8 nitrogen and oxygen atoms in total. The lowest BCUT2D eigenvalue weighted by molar-refractivity contribution is -0.129. The number of carbonyl (C=O) groups excluding carboxylic acids is 1. The van der Waals surface area contributed by atoms with Gasteiger partial charge in [-0.1, -0.05) is 6.07 Å². The maximum atomic E-state index is 12.3. The summed E-state index contributed by atoms with van der Waals surface area (Å²) < 4.78 is 7.15. The van der Waals surface area contributed by atoms with Gasteiger partial charge < -0.3 is 14.7 Å². The zero-order valence-corrected chi connectivity index (χ0v) is 15.9. The van der Waals surface area contributed by atoms with Gasteiger partial charge in [0, 0.05) is 32.1 Å². The van der Waals surface area contributed by atoms with Gasteiger partial charge in [0.05, 0.1) is 17.3 Å². The highest BCUT2D eigenvalue weighted by molar-refractivity contribution is 5.88.